The molecule has 0 saturated carbocycles. The molecule has 0 radical (unpaired) electrons. The summed E-state index contributed by atoms with van der Waals surface area (Å²) < 4.78 is 0.950. The normalized spacial score (nSPS) is 18.3. The first-order chi connectivity index (χ1) is 8.19. The van der Waals surface area contributed by atoms with Crippen LogP contribution in [0.3, 0.4) is 0 Å². The van der Waals surface area contributed by atoms with Crippen LogP contribution in [0, 0.1) is 0 Å². The maximum Gasteiger partial charge on any atom is 0.0568 e. The van der Waals surface area contributed by atoms with E-state index in [0.717, 1.165) is 21.7 Å². The molecule has 17 heavy (non-hydrogen) atoms. The number of anilines is 1. The monoisotopic (exact) mass is 316 g/mol. The summed E-state index contributed by atoms with van der Waals surface area (Å²) in [5.74, 6) is 0. The molecular weight excluding hydrogens is 300 g/mol. The van der Waals surface area contributed by atoms with Crippen LogP contribution in [-0.4, -0.2) is 30.6 Å². The SMILES string of the molecule is CCN1CCC(Nc2ccc(Br)c(Cl)c2)CC1. The average Bonchev–Trinajstić information content (AvgIpc) is 2.35. The first kappa shape index (κ1) is 13.2. The average molecular weight is 318 g/mol. The Bertz CT molecular complexity index is 376. The molecule has 1 aromatic carbocycles. The number of hydrogen-bond donors (Lipinski definition) is 1. The fourth-order valence-electron chi connectivity index (χ4n) is 2.22. The van der Waals surface area contributed by atoms with Crippen LogP contribution < -0.4 is 5.32 Å². The van der Waals surface area contributed by atoms with Crippen LogP contribution in [0.25, 0.3) is 0 Å². The lowest BCUT2D eigenvalue weighted by molar-refractivity contribution is 0.229. The minimum atomic E-state index is 0.579. The zero-order valence-electron chi connectivity index (χ0n) is 10.0. The number of hydrogen-bond acceptors (Lipinski definition) is 2. The molecule has 1 fully saturated rings. The number of halogens is 2. The first-order valence-corrected chi connectivity index (χ1v) is 7.30. The molecule has 1 N–H and O–H groups in total. The summed E-state index contributed by atoms with van der Waals surface area (Å²) in [4.78, 5) is 2.49. The third-order valence-corrected chi connectivity index (χ3v) is 4.56. The third-order valence-electron chi connectivity index (χ3n) is 3.33. The summed E-state index contributed by atoms with van der Waals surface area (Å²) in [7, 11) is 0. The highest BCUT2D eigenvalue weighted by atomic mass is 79.9. The zero-order chi connectivity index (χ0) is 12.3. The Kier molecular flexibility index (Phi) is 4.71. The summed E-state index contributed by atoms with van der Waals surface area (Å²) in [5.41, 5.74) is 1.12. The van der Waals surface area contributed by atoms with Crippen LogP contribution in [0.1, 0.15) is 19.8 Å². The predicted octanol–water partition coefficient (Wildman–Crippen LogP) is 4.00. The molecule has 1 aromatic rings. The molecule has 1 saturated heterocycles. The Morgan fingerprint density at radius 2 is 2.12 bits per heavy atom. The van der Waals surface area contributed by atoms with Gasteiger partial charge >= 0.3 is 0 Å². The second kappa shape index (κ2) is 6.07. The highest BCUT2D eigenvalue weighted by molar-refractivity contribution is 9.10. The molecule has 0 amide bonds. The lowest BCUT2D eigenvalue weighted by Gasteiger charge is -2.32. The van der Waals surface area contributed by atoms with E-state index >= 15 is 0 Å². The smallest absolute Gasteiger partial charge is 0.0568 e. The lowest BCUT2D eigenvalue weighted by Crippen LogP contribution is -2.38. The van der Waals surface area contributed by atoms with Crippen LogP contribution in [0.2, 0.25) is 5.02 Å². The van der Waals surface area contributed by atoms with Gasteiger partial charge in [0.2, 0.25) is 0 Å². The van der Waals surface area contributed by atoms with Gasteiger partial charge in [0.25, 0.3) is 0 Å². The number of nitrogens with one attached hydrogen (secondary N) is 1. The number of piperidine rings is 1. The topological polar surface area (TPSA) is 15.3 Å². The fraction of sp³-hybridized carbons (Fsp3) is 0.538. The van der Waals surface area contributed by atoms with E-state index in [0.29, 0.717) is 6.04 Å². The number of likely N-dealkylation sites (tertiary alicyclic amines) is 1. The van der Waals surface area contributed by atoms with Gasteiger partial charge in [-0.15, -0.1) is 0 Å². The van der Waals surface area contributed by atoms with Crippen molar-refractivity contribution in [2.75, 3.05) is 25.0 Å². The minimum absolute atomic E-state index is 0.579. The zero-order valence-corrected chi connectivity index (χ0v) is 12.4. The minimum Gasteiger partial charge on any atom is -0.382 e. The van der Waals surface area contributed by atoms with Gasteiger partial charge in [-0.05, 0) is 53.5 Å². The van der Waals surface area contributed by atoms with Crippen LogP contribution >= 0.6 is 27.5 Å². The van der Waals surface area contributed by atoms with E-state index in [-0.39, 0.29) is 0 Å². The highest BCUT2D eigenvalue weighted by Gasteiger charge is 2.17. The van der Waals surface area contributed by atoms with Gasteiger partial charge in [-0.2, -0.15) is 0 Å². The molecule has 2 rings (SSSR count). The first-order valence-electron chi connectivity index (χ1n) is 6.13. The van der Waals surface area contributed by atoms with Crippen molar-refractivity contribution >= 4 is 33.2 Å². The quantitative estimate of drug-likeness (QED) is 0.906. The van der Waals surface area contributed by atoms with Crippen LogP contribution in [0.4, 0.5) is 5.69 Å². The summed E-state index contributed by atoms with van der Waals surface area (Å²) in [6.07, 6.45) is 2.42. The molecule has 2 nitrogen and oxygen atoms in total. The number of benzene rings is 1. The highest BCUT2D eigenvalue weighted by Crippen LogP contribution is 2.26. The number of rotatable bonds is 3. The van der Waals surface area contributed by atoms with Crippen molar-refractivity contribution < 1.29 is 0 Å². The maximum absolute atomic E-state index is 6.08. The molecule has 1 aliphatic heterocycles. The van der Waals surface area contributed by atoms with Crippen LogP contribution in [-0.2, 0) is 0 Å². The molecule has 4 heteroatoms. The van der Waals surface area contributed by atoms with Crippen molar-refractivity contribution in [2.45, 2.75) is 25.8 Å². The Morgan fingerprint density at radius 3 is 2.71 bits per heavy atom. The van der Waals surface area contributed by atoms with Gasteiger partial charge in [0.15, 0.2) is 0 Å². The van der Waals surface area contributed by atoms with E-state index in [1.807, 2.05) is 12.1 Å². The summed E-state index contributed by atoms with van der Waals surface area (Å²) in [5, 5.41) is 4.33. The molecule has 94 valence electrons. The lowest BCUT2D eigenvalue weighted by atomic mass is 10.0. The van der Waals surface area contributed by atoms with E-state index in [4.69, 9.17) is 11.6 Å². The van der Waals surface area contributed by atoms with E-state index in [1.165, 1.54) is 25.9 Å². The largest absolute Gasteiger partial charge is 0.382 e. The Hall–Kier alpha value is -0.250. The van der Waals surface area contributed by atoms with E-state index in [2.05, 4.69) is 39.1 Å². The standard InChI is InChI=1S/C13H18BrClN2/c1-2-17-7-5-10(6-8-17)16-11-3-4-12(14)13(15)9-11/h3-4,9-10,16H,2,5-8H2,1H3. The summed E-state index contributed by atoms with van der Waals surface area (Å²) in [6.45, 7) is 5.77. The van der Waals surface area contributed by atoms with Crippen molar-refractivity contribution in [1.29, 1.82) is 0 Å². The second-order valence-corrected chi connectivity index (χ2v) is 5.74. The van der Waals surface area contributed by atoms with Crippen molar-refractivity contribution in [3.8, 4) is 0 Å². The van der Waals surface area contributed by atoms with Gasteiger partial charge < -0.3 is 10.2 Å². The molecule has 0 aliphatic carbocycles. The molecular formula is C13H18BrClN2. The third kappa shape index (κ3) is 3.60. The second-order valence-electron chi connectivity index (χ2n) is 4.48. The Balaban J connectivity index is 1.91. The summed E-state index contributed by atoms with van der Waals surface area (Å²) in [6, 6.07) is 6.63. The molecule has 0 spiro atoms. The van der Waals surface area contributed by atoms with Gasteiger partial charge in [-0.3, -0.25) is 0 Å². The van der Waals surface area contributed by atoms with Gasteiger partial charge in [0.05, 0.1) is 5.02 Å². The van der Waals surface area contributed by atoms with E-state index in [9.17, 15) is 0 Å². The van der Waals surface area contributed by atoms with Crippen LogP contribution in [0.5, 0.6) is 0 Å². The fourth-order valence-corrected chi connectivity index (χ4v) is 2.64. The summed E-state index contributed by atoms with van der Waals surface area (Å²) >= 11 is 9.49. The van der Waals surface area contributed by atoms with E-state index < -0.39 is 0 Å². The Morgan fingerprint density at radius 1 is 1.41 bits per heavy atom. The van der Waals surface area contributed by atoms with Crippen molar-refractivity contribution in [3.63, 3.8) is 0 Å². The van der Waals surface area contributed by atoms with Crippen molar-refractivity contribution in [1.82, 2.24) is 4.90 Å². The van der Waals surface area contributed by atoms with Crippen LogP contribution in [0.15, 0.2) is 22.7 Å². The van der Waals surface area contributed by atoms with Gasteiger partial charge in [0, 0.05) is 29.3 Å². The van der Waals surface area contributed by atoms with Gasteiger partial charge in [-0.25, -0.2) is 0 Å². The van der Waals surface area contributed by atoms with Gasteiger partial charge in [-0.1, -0.05) is 18.5 Å². The van der Waals surface area contributed by atoms with Crippen molar-refractivity contribution in [2.24, 2.45) is 0 Å². The van der Waals surface area contributed by atoms with Crippen molar-refractivity contribution in [3.05, 3.63) is 27.7 Å². The van der Waals surface area contributed by atoms with Gasteiger partial charge in [0.1, 0.15) is 0 Å². The number of nitrogens with zero attached hydrogens (tertiary/aromatic N) is 1. The molecule has 0 aromatic heterocycles. The maximum atomic E-state index is 6.08. The molecule has 1 heterocycles. The molecule has 0 bridgehead atoms. The molecule has 0 unspecified atom stereocenters. The molecule has 1 aliphatic rings. The predicted molar refractivity (Wildman–Crippen MR) is 77.9 cm³/mol. The molecule has 0 atom stereocenters. The Labute approximate surface area is 116 Å². The van der Waals surface area contributed by atoms with E-state index in [1.54, 1.807) is 0 Å².